The van der Waals surface area contributed by atoms with E-state index in [0.29, 0.717) is 16.9 Å². The number of anilines is 1. The molecule has 0 aliphatic carbocycles. The summed E-state index contributed by atoms with van der Waals surface area (Å²) >= 11 is 5.56. The van der Waals surface area contributed by atoms with E-state index in [0.717, 1.165) is 12.1 Å². The molecule has 3 rings (SSSR count). The molecule has 0 aliphatic heterocycles. The number of hydrogen-bond acceptors (Lipinski definition) is 4. The van der Waals surface area contributed by atoms with Crippen LogP contribution in [-0.4, -0.2) is 35.2 Å². The third-order valence-electron chi connectivity index (χ3n) is 3.94. The molecular formula is C16H16ClF4N7O. The zero-order valence-electron chi connectivity index (χ0n) is 15.1. The topological polar surface area (TPSA) is 82.6 Å². The molecule has 0 spiro atoms. The molecular weight excluding hydrogens is 418 g/mol. The maximum absolute atomic E-state index is 13.1. The Hall–Kier alpha value is -2.89. The van der Waals surface area contributed by atoms with Crippen LogP contribution in [0.25, 0.3) is 0 Å². The molecule has 0 aliphatic rings. The fourth-order valence-corrected chi connectivity index (χ4v) is 2.94. The Balaban J connectivity index is 1.67. The molecule has 0 radical (unpaired) electrons. The Bertz CT molecular complexity index is 997. The van der Waals surface area contributed by atoms with Crippen LogP contribution in [0.3, 0.4) is 0 Å². The van der Waals surface area contributed by atoms with Gasteiger partial charge in [-0.2, -0.15) is 15.3 Å². The molecule has 0 aromatic carbocycles. The van der Waals surface area contributed by atoms with Crippen LogP contribution < -0.4 is 5.32 Å². The normalized spacial score (nSPS) is 11.6. The SMILES string of the molecule is CCn1cc(Cn2cc(NC(=O)Cn3nc(C(F)F)c(Cl)c3C(F)F)cn2)cn1. The zero-order chi connectivity index (χ0) is 21.1. The predicted octanol–water partition coefficient (Wildman–Crippen LogP) is 3.51. The van der Waals surface area contributed by atoms with Crippen molar-refractivity contribution < 1.29 is 22.4 Å². The molecule has 8 nitrogen and oxygen atoms in total. The molecule has 29 heavy (non-hydrogen) atoms. The van der Waals surface area contributed by atoms with Gasteiger partial charge >= 0.3 is 0 Å². The first-order chi connectivity index (χ1) is 13.8. The number of nitrogens with one attached hydrogen (secondary N) is 1. The van der Waals surface area contributed by atoms with E-state index in [2.05, 4.69) is 20.6 Å². The Labute approximate surface area is 167 Å². The average molecular weight is 434 g/mol. The van der Waals surface area contributed by atoms with Gasteiger partial charge in [-0.3, -0.25) is 18.8 Å². The Morgan fingerprint density at radius 2 is 1.86 bits per heavy atom. The predicted molar refractivity (Wildman–Crippen MR) is 95.0 cm³/mol. The smallest absolute Gasteiger partial charge is 0.283 e. The Kier molecular flexibility index (Phi) is 6.20. The molecule has 3 heterocycles. The Morgan fingerprint density at radius 1 is 1.14 bits per heavy atom. The molecule has 156 valence electrons. The van der Waals surface area contributed by atoms with Crippen molar-refractivity contribution in [3.05, 3.63) is 46.8 Å². The van der Waals surface area contributed by atoms with Gasteiger partial charge < -0.3 is 5.32 Å². The molecule has 0 bridgehead atoms. The first-order valence-corrected chi connectivity index (χ1v) is 8.82. The quantitative estimate of drug-likeness (QED) is 0.551. The van der Waals surface area contributed by atoms with Crippen LogP contribution in [-0.2, 0) is 24.4 Å². The van der Waals surface area contributed by atoms with Crippen molar-refractivity contribution in [1.29, 1.82) is 0 Å². The standard InChI is InChI=1S/C16H16ClF4N7O/c1-2-26-5-9(3-22-26)6-27-7-10(4-23-27)24-11(29)8-28-14(16(20)21)12(17)13(25-28)15(18)19/h3-5,7,15-16H,2,6,8H2,1H3,(H,24,29). The number of hydrogen-bond donors (Lipinski definition) is 1. The van der Waals surface area contributed by atoms with Crippen molar-refractivity contribution in [2.45, 2.75) is 39.4 Å². The van der Waals surface area contributed by atoms with E-state index in [4.69, 9.17) is 11.6 Å². The lowest BCUT2D eigenvalue weighted by Crippen LogP contribution is -2.21. The van der Waals surface area contributed by atoms with Crippen LogP contribution in [0.1, 0.15) is 36.7 Å². The summed E-state index contributed by atoms with van der Waals surface area (Å²) in [6, 6.07) is 0. The maximum atomic E-state index is 13.1. The molecule has 0 saturated carbocycles. The van der Waals surface area contributed by atoms with Crippen LogP contribution in [0.15, 0.2) is 24.8 Å². The van der Waals surface area contributed by atoms with Gasteiger partial charge in [0.25, 0.3) is 12.9 Å². The summed E-state index contributed by atoms with van der Waals surface area (Å²) < 4.78 is 55.8. The van der Waals surface area contributed by atoms with Crippen molar-refractivity contribution in [3.8, 4) is 0 Å². The van der Waals surface area contributed by atoms with Gasteiger partial charge in [-0.05, 0) is 6.92 Å². The van der Waals surface area contributed by atoms with Crippen LogP contribution in [0.5, 0.6) is 0 Å². The van der Waals surface area contributed by atoms with E-state index in [1.807, 2.05) is 13.1 Å². The van der Waals surface area contributed by atoms with E-state index < -0.39 is 41.7 Å². The van der Waals surface area contributed by atoms with Crippen molar-refractivity contribution >= 4 is 23.2 Å². The highest BCUT2D eigenvalue weighted by Gasteiger charge is 2.28. The number of nitrogens with zero attached hydrogens (tertiary/aromatic N) is 6. The fourth-order valence-electron chi connectivity index (χ4n) is 2.64. The third-order valence-corrected chi connectivity index (χ3v) is 4.32. The molecule has 3 aromatic rings. The molecule has 0 atom stereocenters. The van der Waals surface area contributed by atoms with E-state index in [1.165, 1.54) is 12.4 Å². The van der Waals surface area contributed by atoms with Crippen molar-refractivity contribution in [1.82, 2.24) is 29.3 Å². The number of aromatic nitrogens is 6. The second kappa shape index (κ2) is 8.64. The summed E-state index contributed by atoms with van der Waals surface area (Å²) in [4.78, 5) is 12.2. The fraction of sp³-hybridized carbons (Fsp3) is 0.375. The van der Waals surface area contributed by atoms with E-state index >= 15 is 0 Å². The summed E-state index contributed by atoms with van der Waals surface area (Å²) in [6.45, 7) is 2.39. The van der Waals surface area contributed by atoms with Crippen LogP contribution in [0.4, 0.5) is 23.2 Å². The van der Waals surface area contributed by atoms with E-state index in [1.54, 1.807) is 15.6 Å². The van der Waals surface area contributed by atoms with Gasteiger partial charge in [0.2, 0.25) is 5.91 Å². The van der Waals surface area contributed by atoms with Crippen molar-refractivity contribution in [2.75, 3.05) is 5.32 Å². The Morgan fingerprint density at radius 3 is 2.48 bits per heavy atom. The number of alkyl halides is 4. The lowest BCUT2D eigenvalue weighted by molar-refractivity contribution is -0.117. The number of halogens is 5. The third kappa shape index (κ3) is 4.75. The molecule has 0 saturated heterocycles. The molecule has 0 unspecified atom stereocenters. The van der Waals surface area contributed by atoms with E-state index in [-0.39, 0.29) is 0 Å². The first-order valence-electron chi connectivity index (χ1n) is 8.44. The lowest BCUT2D eigenvalue weighted by atomic mass is 10.3. The van der Waals surface area contributed by atoms with Crippen LogP contribution >= 0.6 is 11.6 Å². The molecule has 1 amide bonds. The number of carbonyl (C=O) groups is 1. The van der Waals surface area contributed by atoms with Gasteiger partial charge in [0.15, 0.2) is 0 Å². The van der Waals surface area contributed by atoms with Gasteiger partial charge in [0, 0.05) is 24.5 Å². The van der Waals surface area contributed by atoms with Gasteiger partial charge in [0.1, 0.15) is 17.9 Å². The molecule has 1 N–H and O–H groups in total. The largest absolute Gasteiger partial charge is 0.322 e. The highest BCUT2D eigenvalue weighted by Crippen LogP contribution is 2.34. The minimum atomic E-state index is -3.16. The summed E-state index contributed by atoms with van der Waals surface area (Å²) in [7, 11) is 0. The van der Waals surface area contributed by atoms with Gasteiger partial charge in [-0.15, -0.1) is 0 Å². The molecule has 0 fully saturated rings. The number of aryl methyl sites for hydroxylation is 1. The lowest BCUT2D eigenvalue weighted by Gasteiger charge is -2.07. The second-order valence-electron chi connectivity index (χ2n) is 6.02. The minimum absolute atomic E-state index is 0.309. The van der Waals surface area contributed by atoms with E-state index in [9.17, 15) is 22.4 Å². The summed E-state index contributed by atoms with van der Waals surface area (Å²) in [6.07, 6.45) is 0.152. The highest BCUT2D eigenvalue weighted by atomic mass is 35.5. The average Bonchev–Trinajstić information content (AvgIpc) is 3.34. The van der Waals surface area contributed by atoms with Gasteiger partial charge in [-0.25, -0.2) is 17.6 Å². The number of amides is 1. The highest BCUT2D eigenvalue weighted by molar-refractivity contribution is 6.32. The first kappa shape index (κ1) is 20.8. The zero-order valence-corrected chi connectivity index (χ0v) is 15.8. The van der Waals surface area contributed by atoms with Gasteiger partial charge in [0.05, 0.1) is 29.6 Å². The van der Waals surface area contributed by atoms with Gasteiger partial charge in [-0.1, -0.05) is 11.6 Å². The summed E-state index contributed by atoms with van der Waals surface area (Å²) in [5.74, 6) is -0.745. The maximum Gasteiger partial charge on any atom is 0.283 e. The molecule has 13 heteroatoms. The molecule has 3 aromatic heterocycles. The van der Waals surface area contributed by atoms with Crippen molar-refractivity contribution in [2.24, 2.45) is 0 Å². The second-order valence-corrected chi connectivity index (χ2v) is 6.40. The monoisotopic (exact) mass is 433 g/mol. The van der Waals surface area contributed by atoms with Crippen LogP contribution in [0, 0.1) is 0 Å². The number of rotatable bonds is 8. The number of carbonyl (C=O) groups excluding carboxylic acids is 1. The van der Waals surface area contributed by atoms with Crippen LogP contribution in [0.2, 0.25) is 5.02 Å². The minimum Gasteiger partial charge on any atom is -0.322 e. The summed E-state index contributed by atoms with van der Waals surface area (Å²) in [5.41, 5.74) is -0.708. The summed E-state index contributed by atoms with van der Waals surface area (Å²) in [5, 5.41) is 13.2. The van der Waals surface area contributed by atoms with Crippen molar-refractivity contribution in [3.63, 3.8) is 0 Å².